The SMILES string of the molecule is C[C@H]1CNCCN1CCOc1ccc(S(N)(=O)=O)cc1.Cl. The Bertz CT molecular complexity index is 536. The Labute approximate surface area is 132 Å². The maximum Gasteiger partial charge on any atom is 0.238 e. The summed E-state index contributed by atoms with van der Waals surface area (Å²) in [6, 6.07) is 6.68. The van der Waals surface area contributed by atoms with Crippen molar-refractivity contribution in [2.24, 2.45) is 5.14 Å². The average molecular weight is 336 g/mol. The maximum absolute atomic E-state index is 11.1. The summed E-state index contributed by atoms with van der Waals surface area (Å²) in [7, 11) is -3.64. The summed E-state index contributed by atoms with van der Waals surface area (Å²) < 4.78 is 27.9. The molecule has 2 rings (SSSR count). The van der Waals surface area contributed by atoms with Gasteiger partial charge in [-0.15, -0.1) is 12.4 Å². The molecule has 1 atom stereocenters. The van der Waals surface area contributed by atoms with E-state index in [1.165, 1.54) is 12.1 Å². The Morgan fingerprint density at radius 2 is 2.05 bits per heavy atom. The van der Waals surface area contributed by atoms with E-state index >= 15 is 0 Å². The highest BCUT2D eigenvalue weighted by molar-refractivity contribution is 7.89. The van der Waals surface area contributed by atoms with E-state index in [1.54, 1.807) is 12.1 Å². The highest BCUT2D eigenvalue weighted by atomic mass is 35.5. The van der Waals surface area contributed by atoms with Crippen molar-refractivity contribution in [3.05, 3.63) is 24.3 Å². The summed E-state index contributed by atoms with van der Waals surface area (Å²) in [6.07, 6.45) is 0. The van der Waals surface area contributed by atoms with Gasteiger partial charge in [-0.25, -0.2) is 13.6 Å². The Hall–Kier alpha value is -0.860. The zero-order chi connectivity index (χ0) is 14.6. The fourth-order valence-corrected chi connectivity index (χ4v) is 2.74. The first-order valence-corrected chi connectivity index (χ1v) is 8.22. The molecule has 0 saturated carbocycles. The van der Waals surface area contributed by atoms with Gasteiger partial charge in [-0.1, -0.05) is 0 Å². The predicted octanol–water partition coefficient (Wildman–Crippen LogP) is 0.428. The van der Waals surface area contributed by atoms with E-state index in [2.05, 4.69) is 17.1 Å². The number of sulfonamides is 1. The molecule has 1 aliphatic rings. The zero-order valence-electron chi connectivity index (χ0n) is 12.0. The van der Waals surface area contributed by atoms with Gasteiger partial charge < -0.3 is 10.1 Å². The fraction of sp³-hybridized carbons (Fsp3) is 0.538. The van der Waals surface area contributed by atoms with Gasteiger partial charge in [-0.05, 0) is 31.2 Å². The highest BCUT2D eigenvalue weighted by Gasteiger charge is 2.17. The second-order valence-electron chi connectivity index (χ2n) is 4.95. The van der Waals surface area contributed by atoms with Crippen molar-refractivity contribution < 1.29 is 13.2 Å². The van der Waals surface area contributed by atoms with Gasteiger partial charge in [0.15, 0.2) is 0 Å². The molecule has 0 aliphatic carbocycles. The summed E-state index contributed by atoms with van der Waals surface area (Å²) in [5.74, 6) is 0.653. The molecule has 0 unspecified atom stereocenters. The lowest BCUT2D eigenvalue weighted by molar-refractivity contribution is 0.143. The van der Waals surface area contributed by atoms with Gasteiger partial charge in [-0.2, -0.15) is 0 Å². The average Bonchev–Trinajstić information content (AvgIpc) is 2.40. The molecule has 8 heteroatoms. The third-order valence-corrected chi connectivity index (χ3v) is 4.37. The van der Waals surface area contributed by atoms with E-state index < -0.39 is 10.0 Å². The van der Waals surface area contributed by atoms with Crippen LogP contribution in [-0.2, 0) is 10.0 Å². The number of hydrogen-bond acceptors (Lipinski definition) is 5. The summed E-state index contributed by atoms with van der Waals surface area (Å²) in [5.41, 5.74) is 0. The number of benzene rings is 1. The number of ether oxygens (including phenoxy) is 1. The van der Waals surface area contributed by atoms with E-state index in [9.17, 15) is 8.42 Å². The molecule has 3 N–H and O–H groups in total. The van der Waals surface area contributed by atoms with Gasteiger partial charge in [-0.3, -0.25) is 4.90 Å². The number of piperazine rings is 1. The zero-order valence-corrected chi connectivity index (χ0v) is 13.6. The molecule has 1 aliphatic heterocycles. The third kappa shape index (κ3) is 5.44. The number of primary sulfonamides is 1. The minimum absolute atomic E-state index is 0. The first-order valence-electron chi connectivity index (χ1n) is 6.67. The third-order valence-electron chi connectivity index (χ3n) is 3.44. The number of nitrogens with two attached hydrogens (primary N) is 1. The molecule has 1 heterocycles. The maximum atomic E-state index is 11.1. The van der Waals surface area contributed by atoms with Crippen molar-refractivity contribution in [3.63, 3.8) is 0 Å². The fourth-order valence-electron chi connectivity index (χ4n) is 2.22. The van der Waals surface area contributed by atoms with Gasteiger partial charge in [0.1, 0.15) is 12.4 Å². The molecule has 0 spiro atoms. The van der Waals surface area contributed by atoms with Crippen LogP contribution < -0.4 is 15.2 Å². The molecule has 120 valence electrons. The van der Waals surface area contributed by atoms with Crippen LogP contribution in [0.5, 0.6) is 5.75 Å². The Morgan fingerprint density at radius 3 is 2.62 bits per heavy atom. The first-order chi connectivity index (χ1) is 9.47. The molecule has 21 heavy (non-hydrogen) atoms. The van der Waals surface area contributed by atoms with Crippen LogP contribution in [-0.4, -0.2) is 52.1 Å². The van der Waals surface area contributed by atoms with Crippen molar-refractivity contribution in [2.75, 3.05) is 32.8 Å². The van der Waals surface area contributed by atoms with Crippen LogP contribution in [0.3, 0.4) is 0 Å². The van der Waals surface area contributed by atoms with Crippen molar-refractivity contribution in [1.29, 1.82) is 0 Å². The van der Waals surface area contributed by atoms with Crippen LogP contribution >= 0.6 is 12.4 Å². The van der Waals surface area contributed by atoms with E-state index in [1.807, 2.05) is 0 Å². The Kier molecular flexibility index (Phi) is 6.89. The van der Waals surface area contributed by atoms with Gasteiger partial charge in [0, 0.05) is 32.2 Å². The topological polar surface area (TPSA) is 84.7 Å². The monoisotopic (exact) mass is 335 g/mol. The molecular weight excluding hydrogens is 314 g/mol. The van der Waals surface area contributed by atoms with E-state index in [0.717, 1.165) is 26.2 Å². The van der Waals surface area contributed by atoms with E-state index in [-0.39, 0.29) is 17.3 Å². The van der Waals surface area contributed by atoms with Crippen LogP contribution in [0.4, 0.5) is 0 Å². The van der Waals surface area contributed by atoms with Gasteiger partial charge >= 0.3 is 0 Å². The smallest absolute Gasteiger partial charge is 0.238 e. The second kappa shape index (κ2) is 7.95. The number of halogens is 1. The number of hydrogen-bond donors (Lipinski definition) is 2. The molecule has 1 saturated heterocycles. The standard InChI is InChI=1S/C13H21N3O3S.ClH/c1-11-10-15-6-7-16(11)8-9-19-12-2-4-13(5-3-12)20(14,17)18;/h2-5,11,15H,6-10H2,1H3,(H2,14,17,18);1H/t11-;/m0./s1. The molecular formula is C13H22ClN3O3S. The van der Waals surface area contributed by atoms with Crippen LogP contribution in [0.15, 0.2) is 29.2 Å². The number of nitrogens with zero attached hydrogens (tertiary/aromatic N) is 1. The summed E-state index contributed by atoms with van der Waals surface area (Å²) in [4.78, 5) is 2.47. The lowest BCUT2D eigenvalue weighted by Gasteiger charge is -2.33. The molecule has 1 aromatic rings. The Balaban J connectivity index is 0.00000220. The lowest BCUT2D eigenvalue weighted by atomic mass is 10.2. The van der Waals surface area contributed by atoms with Crippen molar-refractivity contribution in [2.45, 2.75) is 17.9 Å². The molecule has 0 amide bonds. The van der Waals surface area contributed by atoms with Crippen molar-refractivity contribution >= 4 is 22.4 Å². The normalized spacial score (nSPS) is 19.8. The van der Waals surface area contributed by atoms with Crippen LogP contribution in [0, 0.1) is 0 Å². The number of rotatable bonds is 5. The molecule has 0 radical (unpaired) electrons. The predicted molar refractivity (Wildman–Crippen MR) is 84.5 cm³/mol. The largest absolute Gasteiger partial charge is 0.492 e. The molecule has 0 aromatic heterocycles. The second-order valence-corrected chi connectivity index (χ2v) is 6.52. The highest BCUT2D eigenvalue weighted by Crippen LogP contribution is 2.15. The number of nitrogens with one attached hydrogen (secondary N) is 1. The summed E-state index contributed by atoms with van der Waals surface area (Å²) >= 11 is 0. The van der Waals surface area contributed by atoms with Gasteiger partial charge in [0.05, 0.1) is 4.90 Å². The minimum atomic E-state index is -3.64. The summed E-state index contributed by atoms with van der Waals surface area (Å²) in [6.45, 7) is 6.66. The molecule has 1 fully saturated rings. The van der Waals surface area contributed by atoms with Crippen molar-refractivity contribution in [3.8, 4) is 5.75 Å². The van der Waals surface area contributed by atoms with E-state index in [4.69, 9.17) is 9.88 Å². The quantitative estimate of drug-likeness (QED) is 0.815. The van der Waals surface area contributed by atoms with Gasteiger partial charge in [0.2, 0.25) is 10.0 Å². The summed E-state index contributed by atoms with van der Waals surface area (Å²) in [5, 5.41) is 8.38. The minimum Gasteiger partial charge on any atom is -0.492 e. The first kappa shape index (κ1) is 18.2. The van der Waals surface area contributed by atoms with Crippen molar-refractivity contribution in [1.82, 2.24) is 10.2 Å². The lowest BCUT2D eigenvalue weighted by Crippen LogP contribution is -2.50. The van der Waals surface area contributed by atoms with Gasteiger partial charge in [0.25, 0.3) is 0 Å². The molecule has 1 aromatic carbocycles. The molecule has 6 nitrogen and oxygen atoms in total. The molecule has 0 bridgehead atoms. The Morgan fingerprint density at radius 1 is 1.38 bits per heavy atom. The van der Waals surface area contributed by atoms with E-state index in [0.29, 0.717) is 18.4 Å². The van der Waals surface area contributed by atoms with Crippen LogP contribution in [0.2, 0.25) is 0 Å². The van der Waals surface area contributed by atoms with Crippen LogP contribution in [0.1, 0.15) is 6.92 Å². The van der Waals surface area contributed by atoms with Crippen LogP contribution in [0.25, 0.3) is 0 Å².